The van der Waals surface area contributed by atoms with E-state index in [1.807, 2.05) is 0 Å². The fraction of sp³-hybridized carbons (Fsp3) is 0.507. The summed E-state index contributed by atoms with van der Waals surface area (Å²) >= 11 is 0. The molecule has 5 fully saturated rings. The minimum absolute atomic E-state index is 0.0550. The van der Waals surface area contributed by atoms with E-state index < -0.39 is 78.1 Å². The zero-order chi connectivity index (χ0) is 56.0. The Labute approximate surface area is 465 Å². The molecule has 1 aliphatic heterocycles. The van der Waals surface area contributed by atoms with E-state index in [0.29, 0.717) is 17.9 Å². The van der Waals surface area contributed by atoms with E-state index in [1.165, 1.54) is 5.57 Å². The van der Waals surface area contributed by atoms with Crippen molar-refractivity contribution in [2.24, 2.45) is 50.2 Å². The monoisotopic (exact) mass is 1070 g/mol. The zero-order valence-corrected chi connectivity index (χ0v) is 47.0. The standard InChI is InChI=1S/C67H78O12/c1-9-40-73-61(72)67-38-36-62(2,3)41-48(67)47-30-31-51-64(6)34-33-52(63(4,5)50(64)32-35-66(51,8)65(47,7)37-39-67)76-60-55(79-59(71)46-28-20-13-21-29-46)54(78-58(70)45-26-18-12-19-27-45)53(77-57(69)44-24-16-11-17-25-44)49(75-60)42-74-56(68)43-22-14-10-15-23-43/h9-30,48-55,60H,1,31-42H2,2-8H3/t48-,49+,50-,51+,52-,53+,54-,55+,60-,64-,65+,66+,67-/m0/s1. The lowest BCUT2D eigenvalue weighted by atomic mass is 9.33. The van der Waals surface area contributed by atoms with E-state index in [9.17, 15) is 24.0 Å². The summed E-state index contributed by atoms with van der Waals surface area (Å²) in [4.78, 5) is 71.0. The summed E-state index contributed by atoms with van der Waals surface area (Å²) < 4.78 is 45.4. The predicted molar refractivity (Wildman–Crippen MR) is 297 cm³/mol. The van der Waals surface area contributed by atoms with Gasteiger partial charge in [0.2, 0.25) is 0 Å². The van der Waals surface area contributed by atoms with E-state index >= 15 is 0 Å². The van der Waals surface area contributed by atoms with Crippen molar-refractivity contribution in [3.05, 3.63) is 168 Å². The van der Waals surface area contributed by atoms with Gasteiger partial charge in [-0.3, -0.25) is 4.79 Å². The molecule has 0 radical (unpaired) electrons. The molecule has 10 rings (SSSR count). The highest BCUT2D eigenvalue weighted by Crippen LogP contribution is 2.76. The lowest BCUT2D eigenvalue weighted by Gasteiger charge is -2.71. The van der Waals surface area contributed by atoms with Crippen molar-refractivity contribution in [2.75, 3.05) is 13.2 Å². The Bertz CT molecular complexity index is 2920. The van der Waals surface area contributed by atoms with Gasteiger partial charge >= 0.3 is 29.8 Å². The van der Waals surface area contributed by atoms with E-state index in [4.69, 9.17) is 33.2 Å². The van der Waals surface area contributed by atoms with Crippen molar-refractivity contribution >= 4 is 29.8 Å². The summed E-state index contributed by atoms with van der Waals surface area (Å²) in [6, 6.07) is 33.7. The Morgan fingerprint density at radius 2 is 1.10 bits per heavy atom. The molecule has 418 valence electrons. The second-order valence-electron chi connectivity index (χ2n) is 25.5. The molecule has 0 spiro atoms. The van der Waals surface area contributed by atoms with Crippen LogP contribution in [-0.2, 0) is 38.0 Å². The molecule has 4 aromatic carbocycles. The number of fused-ring (bicyclic) bond motifs is 7. The van der Waals surface area contributed by atoms with Crippen LogP contribution in [0.3, 0.4) is 0 Å². The Balaban J connectivity index is 0.998. The van der Waals surface area contributed by atoms with E-state index in [0.717, 1.165) is 57.8 Å². The number of hydrogen-bond acceptors (Lipinski definition) is 12. The van der Waals surface area contributed by atoms with Gasteiger partial charge in [-0.1, -0.05) is 146 Å². The Morgan fingerprint density at radius 1 is 0.582 bits per heavy atom. The normalized spacial score (nSPS) is 34.0. The Morgan fingerprint density at radius 3 is 1.66 bits per heavy atom. The highest BCUT2D eigenvalue weighted by atomic mass is 16.7. The van der Waals surface area contributed by atoms with Crippen LogP contribution in [0.1, 0.15) is 154 Å². The number of ether oxygens (including phenoxy) is 7. The van der Waals surface area contributed by atoms with Crippen LogP contribution in [-0.4, -0.2) is 79.9 Å². The van der Waals surface area contributed by atoms with Crippen molar-refractivity contribution in [1.82, 2.24) is 0 Å². The molecule has 12 heteroatoms. The van der Waals surface area contributed by atoms with Crippen LogP contribution in [0.25, 0.3) is 0 Å². The molecule has 13 atom stereocenters. The van der Waals surface area contributed by atoms with Gasteiger partial charge in [0.25, 0.3) is 0 Å². The molecule has 5 aliphatic carbocycles. The SMILES string of the molecule is C=CCOC(=O)[C@]12CCC(C)(C)C[C@H]1C1=CC[C@@H]3[C@@]4(C)CC[C@H](O[C@@H]5O[C@H](COC(=O)c6ccccc6)[C@@H](OC(=O)c6ccccc6)[C@H](OC(=O)c6ccccc6)[C@H]5OC(=O)c5ccccc5)C(C)(C)[C@@H]4CC[C@@]3(C)[C@]1(C)CC2. The zero-order valence-electron chi connectivity index (χ0n) is 47.0. The molecule has 6 aliphatic rings. The van der Waals surface area contributed by atoms with Crippen LogP contribution in [0, 0.1) is 50.2 Å². The van der Waals surface area contributed by atoms with Crippen molar-refractivity contribution in [2.45, 2.75) is 149 Å². The molecule has 0 aromatic heterocycles. The maximum absolute atomic E-state index is 14.4. The van der Waals surface area contributed by atoms with Crippen LogP contribution in [0.15, 0.2) is 146 Å². The van der Waals surface area contributed by atoms with E-state index in [1.54, 1.807) is 127 Å². The highest BCUT2D eigenvalue weighted by molar-refractivity contribution is 5.91. The van der Waals surface area contributed by atoms with Gasteiger partial charge in [-0.05, 0) is 158 Å². The van der Waals surface area contributed by atoms with Crippen LogP contribution in [0.5, 0.6) is 0 Å². The topological polar surface area (TPSA) is 150 Å². The highest BCUT2D eigenvalue weighted by Gasteiger charge is 2.70. The van der Waals surface area contributed by atoms with Gasteiger partial charge < -0.3 is 33.2 Å². The van der Waals surface area contributed by atoms with Crippen molar-refractivity contribution < 1.29 is 57.1 Å². The minimum Gasteiger partial charge on any atom is -0.461 e. The number of carbonyl (C=O) groups excluding carboxylic acids is 5. The first kappa shape index (κ1) is 55.9. The Hall–Kier alpha value is -6.37. The number of benzene rings is 4. The van der Waals surface area contributed by atoms with E-state index in [-0.39, 0.29) is 62.8 Å². The van der Waals surface area contributed by atoms with Gasteiger partial charge in [-0.2, -0.15) is 0 Å². The molecular weight excluding hydrogens is 997 g/mol. The maximum atomic E-state index is 14.4. The molecule has 4 aromatic rings. The lowest BCUT2D eigenvalue weighted by Crippen LogP contribution is -2.66. The smallest absolute Gasteiger partial charge is 0.338 e. The van der Waals surface area contributed by atoms with Gasteiger partial charge in [0.15, 0.2) is 24.6 Å². The van der Waals surface area contributed by atoms with Crippen molar-refractivity contribution in [3.63, 3.8) is 0 Å². The molecule has 0 N–H and O–H groups in total. The van der Waals surface area contributed by atoms with Crippen LogP contribution in [0.2, 0.25) is 0 Å². The third-order valence-electron chi connectivity index (χ3n) is 20.4. The number of carbonyl (C=O) groups is 5. The number of allylic oxidation sites excluding steroid dienone is 2. The lowest BCUT2D eigenvalue weighted by molar-refractivity contribution is -0.327. The molecule has 0 amide bonds. The fourth-order valence-corrected chi connectivity index (χ4v) is 15.9. The number of esters is 5. The van der Waals surface area contributed by atoms with Gasteiger partial charge in [0.05, 0.1) is 33.8 Å². The number of rotatable bonds is 14. The average molecular weight is 1080 g/mol. The van der Waals surface area contributed by atoms with Crippen LogP contribution < -0.4 is 0 Å². The van der Waals surface area contributed by atoms with Crippen LogP contribution >= 0.6 is 0 Å². The van der Waals surface area contributed by atoms with Crippen molar-refractivity contribution in [1.29, 1.82) is 0 Å². The predicted octanol–water partition coefficient (Wildman–Crippen LogP) is 13.2. The summed E-state index contributed by atoms with van der Waals surface area (Å²) in [5, 5.41) is 0. The second-order valence-corrected chi connectivity index (χ2v) is 25.5. The summed E-state index contributed by atoms with van der Waals surface area (Å²) in [6.07, 6.45) is 5.36. The molecule has 1 saturated heterocycles. The average Bonchev–Trinajstić information content (AvgIpc) is 3.62. The summed E-state index contributed by atoms with van der Waals surface area (Å²) in [5.74, 6) is -2.37. The molecular formula is C67H78O12. The first-order valence-corrected chi connectivity index (χ1v) is 28.5. The fourth-order valence-electron chi connectivity index (χ4n) is 15.9. The molecule has 0 bridgehead atoms. The third kappa shape index (κ3) is 10.3. The maximum Gasteiger partial charge on any atom is 0.338 e. The molecule has 12 nitrogen and oxygen atoms in total. The Kier molecular flexibility index (Phi) is 15.5. The van der Waals surface area contributed by atoms with Gasteiger partial charge in [-0.25, -0.2) is 19.2 Å². The first-order valence-electron chi connectivity index (χ1n) is 28.5. The molecule has 0 unspecified atom stereocenters. The van der Waals surface area contributed by atoms with Crippen LogP contribution in [0.4, 0.5) is 0 Å². The summed E-state index contributed by atoms with van der Waals surface area (Å²) in [7, 11) is 0. The summed E-state index contributed by atoms with van der Waals surface area (Å²) in [5.41, 5.74) is 1.18. The molecule has 4 saturated carbocycles. The molecule has 79 heavy (non-hydrogen) atoms. The van der Waals surface area contributed by atoms with Gasteiger partial charge in [-0.15, -0.1) is 0 Å². The first-order chi connectivity index (χ1) is 37.7. The minimum atomic E-state index is -1.53. The quantitative estimate of drug-likeness (QED) is 0.0512. The second kappa shape index (κ2) is 21.9. The summed E-state index contributed by atoms with van der Waals surface area (Å²) in [6.45, 7) is 20.4. The largest absolute Gasteiger partial charge is 0.461 e. The van der Waals surface area contributed by atoms with Crippen molar-refractivity contribution in [3.8, 4) is 0 Å². The van der Waals surface area contributed by atoms with Gasteiger partial charge in [0, 0.05) is 0 Å². The third-order valence-corrected chi connectivity index (χ3v) is 20.4. The van der Waals surface area contributed by atoms with E-state index in [2.05, 4.69) is 61.1 Å². The van der Waals surface area contributed by atoms with Gasteiger partial charge in [0.1, 0.15) is 19.3 Å². The number of hydrogen-bond donors (Lipinski definition) is 0. The molecule has 1 heterocycles.